The van der Waals surface area contributed by atoms with E-state index in [0.29, 0.717) is 18.5 Å². The molecule has 0 aromatic heterocycles. The van der Waals surface area contributed by atoms with Crippen LogP contribution in [0.3, 0.4) is 0 Å². The number of hydrogen-bond donors (Lipinski definition) is 2. The van der Waals surface area contributed by atoms with Crippen LogP contribution in [0.25, 0.3) is 0 Å². The SMILES string of the molecule is O=C1CCC(N2Cc3ccc(CN4CCC(CC5CCNCC5)CC4)cc3C2=O)C(=O)N1. The Morgan fingerprint density at radius 3 is 2.44 bits per heavy atom. The molecule has 1 unspecified atom stereocenters. The van der Waals surface area contributed by atoms with Crippen LogP contribution in [0.15, 0.2) is 18.2 Å². The Hall–Kier alpha value is -2.25. The molecule has 3 amide bonds. The van der Waals surface area contributed by atoms with Gasteiger partial charge in [0.15, 0.2) is 0 Å². The third-order valence-electron chi connectivity index (χ3n) is 7.83. The van der Waals surface area contributed by atoms with Gasteiger partial charge < -0.3 is 10.2 Å². The number of rotatable bonds is 5. The van der Waals surface area contributed by atoms with Crippen molar-refractivity contribution in [3.05, 3.63) is 34.9 Å². The Morgan fingerprint density at radius 1 is 0.938 bits per heavy atom. The van der Waals surface area contributed by atoms with E-state index in [0.717, 1.165) is 37.0 Å². The van der Waals surface area contributed by atoms with Gasteiger partial charge in [-0.2, -0.15) is 0 Å². The summed E-state index contributed by atoms with van der Waals surface area (Å²) in [5.41, 5.74) is 2.86. The average Bonchev–Trinajstić information content (AvgIpc) is 3.12. The fourth-order valence-corrected chi connectivity index (χ4v) is 5.93. The van der Waals surface area contributed by atoms with Gasteiger partial charge in [0.25, 0.3) is 5.91 Å². The minimum absolute atomic E-state index is 0.0861. The molecule has 1 aromatic rings. The maximum absolute atomic E-state index is 13.0. The van der Waals surface area contributed by atoms with Crippen molar-refractivity contribution in [2.75, 3.05) is 26.2 Å². The van der Waals surface area contributed by atoms with Crippen LogP contribution in [0.1, 0.15) is 66.4 Å². The Morgan fingerprint density at radius 2 is 1.69 bits per heavy atom. The standard InChI is InChI=1S/C25H34N4O3/c30-23-4-3-22(24(31)27-23)29-16-20-2-1-19(14-21(20)25(29)32)15-28-11-7-18(8-12-28)13-17-5-9-26-10-6-17/h1-2,14,17-18,22,26H,3-13,15-16H2,(H,27,30,31). The summed E-state index contributed by atoms with van der Waals surface area (Å²) in [4.78, 5) is 40.9. The van der Waals surface area contributed by atoms with Gasteiger partial charge in [-0.25, -0.2) is 0 Å². The lowest BCUT2D eigenvalue weighted by Gasteiger charge is -2.34. The predicted octanol–water partition coefficient (Wildman–Crippen LogP) is 2.05. The third-order valence-corrected chi connectivity index (χ3v) is 7.83. The summed E-state index contributed by atoms with van der Waals surface area (Å²) >= 11 is 0. The number of nitrogens with one attached hydrogen (secondary N) is 2. The van der Waals surface area contributed by atoms with Crippen molar-refractivity contribution >= 4 is 17.7 Å². The Kier molecular flexibility index (Phi) is 6.28. The second-order valence-electron chi connectivity index (χ2n) is 10.0. The molecule has 0 aliphatic carbocycles. The highest BCUT2D eigenvalue weighted by atomic mass is 16.2. The van der Waals surface area contributed by atoms with E-state index in [-0.39, 0.29) is 24.1 Å². The van der Waals surface area contributed by atoms with Crippen LogP contribution in [0.5, 0.6) is 0 Å². The molecule has 1 atom stereocenters. The molecule has 0 spiro atoms. The van der Waals surface area contributed by atoms with Crippen LogP contribution in [0, 0.1) is 11.8 Å². The molecule has 172 valence electrons. The summed E-state index contributed by atoms with van der Waals surface area (Å²) < 4.78 is 0. The Labute approximate surface area is 189 Å². The molecule has 32 heavy (non-hydrogen) atoms. The first-order valence-electron chi connectivity index (χ1n) is 12.3. The lowest BCUT2D eigenvalue weighted by Crippen LogP contribution is -2.52. The average molecular weight is 439 g/mol. The lowest BCUT2D eigenvalue weighted by molar-refractivity contribution is -0.136. The molecule has 5 rings (SSSR count). The number of hydrogen-bond acceptors (Lipinski definition) is 5. The monoisotopic (exact) mass is 438 g/mol. The highest BCUT2D eigenvalue weighted by Crippen LogP contribution is 2.31. The zero-order valence-corrected chi connectivity index (χ0v) is 18.8. The molecule has 2 N–H and O–H groups in total. The molecule has 3 saturated heterocycles. The largest absolute Gasteiger partial charge is 0.322 e. The molecule has 4 aliphatic heterocycles. The minimum atomic E-state index is -0.546. The van der Waals surface area contributed by atoms with Crippen LogP contribution in [-0.4, -0.2) is 59.7 Å². The zero-order chi connectivity index (χ0) is 22.1. The van der Waals surface area contributed by atoms with Crippen LogP contribution in [-0.2, 0) is 22.7 Å². The van der Waals surface area contributed by atoms with Crippen LogP contribution in [0.2, 0.25) is 0 Å². The van der Waals surface area contributed by atoms with Crippen molar-refractivity contribution in [2.24, 2.45) is 11.8 Å². The van der Waals surface area contributed by atoms with Crippen molar-refractivity contribution < 1.29 is 14.4 Å². The first kappa shape index (κ1) is 21.6. The number of carbonyl (C=O) groups excluding carboxylic acids is 3. The van der Waals surface area contributed by atoms with Crippen molar-refractivity contribution in [1.29, 1.82) is 0 Å². The van der Waals surface area contributed by atoms with Gasteiger partial charge in [-0.1, -0.05) is 12.1 Å². The van der Waals surface area contributed by atoms with E-state index in [1.54, 1.807) is 4.90 Å². The molecule has 7 nitrogen and oxygen atoms in total. The van der Waals surface area contributed by atoms with E-state index in [4.69, 9.17) is 0 Å². The predicted molar refractivity (Wildman–Crippen MR) is 121 cm³/mol. The molecule has 0 saturated carbocycles. The maximum Gasteiger partial charge on any atom is 0.255 e. The number of nitrogens with zero attached hydrogens (tertiary/aromatic N) is 2. The molecule has 1 aromatic carbocycles. The van der Waals surface area contributed by atoms with Crippen molar-refractivity contribution in [3.63, 3.8) is 0 Å². The van der Waals surface area contributed by atoms with Gasteiger partial charge in [0.2, 0.25) is 11.8 Å². The molecule has 3 fully saturated rings. The number of likely N-dealkylation sites (tertiary alicyclic amines) is 1. The molecule has 0 radical (unpaired) electrons. The number of fused-ring (bicyclic) bond motifs is 1. The van der Waals surface area contributed by atoms with Crippen LogP contribution < -0.4 is 10.6 Å². The first-order valence-corrected chi connectivity index (χ1v) is 12.3. The molecule has 4 aliphatic rings. The highest BCUT2D eigenvalue weighted by Gasteiger charge is 2.39. The highest BCUT2D eigenvalue weighted by molar-refractivity contribution is 6.05. The van der Waals surface area contributed by atoms with Gasteiger partial charge in [0.05, 0.1) is 0 Å². The smallest absolute Gasteiger partial charge is 0.255 e. The number of imide groups is 1. The van der Waals surface area contributed by atoms with E-state index in [1.165, 1.54) is 50.8 Å². The van der Waals surface area contributed by atoms with Crippen LogP contribution >= 0.6 is 0 Å². The summed E-state index contributed by atoms with van der Waals surface area (Å²) in [6, 6.07) is 5.64. The van der Waals surface area contributed by atoms with Crippen molar-refractivity contribution in [1.82, 2.24) is 20.4 Å². The molecule has 7 heteroatoms. The van der Waals surface area contributed by atoms with Crippen molar-refractivity contribution in [2.45, 2.75) is 64.1 Å². The summed E-state index contributed by atoms with van der Waals surface area (Å²) in [6.07, 6.45) is 7.30. The minimum Gasteiger partial charge on any atom is -0.322 e. The Bertz CT molecular complexity index is 887. The van der Waals surface area contributed by atoms with Gasteiger partial charge in [-0.05, 0) is 93.7 Å². The van der Waals surface area contributed by atoms with Gasteiger partial charge in [0, 0.05) is 25.1 Å². The fraction of sp³-hybridized carbons (Fsp3) is 0.640. The second kappa shape index (κ2) is 9.32. The van der Waals surface area contributed by atoms with Crippen LogP contribution in [0.4, 0.5) is 0 Å². The third kappa shape index (κ3) is 4.59. The first-order chi connectivity index (χ1) is 15.6. The summed E-state index contributed by atoms with van der Waals surface area (Å²) in [5.74, 6) is 1.07. The van der Waals surface area contributed by atoms with Gasteiger partial charge in [-0.15, -0.1) is 0 Å². The van der Waals surface area contributed by atoms with Gasteiger partial charge in [0.1, 0.15) is 6.04 Å². The normalized spacial score (nSPS) is 25.8. The number of piperidine rings is 3. The quantitative estimate of drug-likeness (QED) is 0.688. The number of carbonyl (C=O) groups is 3. The second-order valence-corrected chi connectivity index (χ2v) is 10.0. The maximum atomic E-state index is 13.0. The van der Waals surface area contributed by atoms with E-state index in [1.807, 2.05) is 12.1 Å². The van der Waals surface area contributed by atoms with E-state index < -0.39 is 6.04 Å². The summed E-state index contributed by atoms with van der Waals surface area (Å²) in [5, 5.41) is 5.83. The molecule has 4 heterocycles. The van der Waals surface area contributed by atoms with Gasteiger partial charge in [-0.3, -0.25) is 24.6 Å². The van der Waals surface area contributed by atoms with E-state index >= 15 is 0 Å². The van der Waals surface area contributed by atoms with E-state index in [9.17, 15) is 14.4 Å². The summed E-state index contributed by atoms with van der Waals surface area (Å²) in [6.45, 7) is 5.94. The fourth-order valence-electron chi connectivity index (χ4n) is 5.93. The van der Waals surface area contributed by atoms with E-state index in [2.05, 4.69) is 21.6 Å². The molecular formula is C25H34N4O3. The van der Waals surface area contributed by atoms with Crippen molar-refractivity contribution in [3.8, 4) is 0 Å². The number of amides is 3. The zero-order valence-electron chi connectivity index (χ0n) is 18.8. The Balaban J connectivity index is 1.16. The number of benzene rings is 1. The molecular weight excluding hydrogens is 404 g/mol. The van der Waals surface area contributed by atoms with Gasteiger partial charge >= 0.3 is 0 Å². The lowest BCUT2D eigenvalue weighted by atomic mass is 9.83. The molecule has 0 bridgehead atoms. The topological polar surface area (TPSA) is 81.8 Å². The summed E-state index contributed by atoms with van der Waals surface area (Å²) in [7, 11) is 0.